The number of carboxylic acids is 2. The van der Waals surface area contributed by atoms with Crippen molar-refractivity contribution in [2.45, 2.75) is 12.8 Å². The summed E-state index contributed by atoms with van der Waals surface area (Å²) in [5, 5.41) is 29.0. The quantitative estimate of drug-likeness (QED) is 0.191. The Morgan fingerprint density at radius 1 is 1.03 bits per heavy atom. The first-order valence-corrected chi connectivity index (χ1v) is 10.7. The number of aliphatic carboxylic acids is 2. The molecule has 1 unspecified atom stereocenters. The van der Waals surface area contributed by atoms with Crippen LogP contribution < -0.4 is 0 Å². The van der Waals surface area contributed by atoms with Crippen LogP contribution >= 0.6 is 7.72 Å². The summed E-state index contributed by atoms with van der Waals surface area (Å²) in [6.07, 6.45) is -1.29. The average molecular weight is 435 g/mol. The first kappa shape index (κ1) is 23.1. The third-order valence-corrected chi connectivity index (χ3v) is 6.18. The molecule has 2 aromatic carbocycles. The largest absolute Gasteiger partial charge is 0.481 e. The molecule has 0 aromatic heterocycles. The number of benzene rings is 2. The number of nitro benzene ring substituents is 1. The summed E-state index contributed by atoms with van der Waals surface area (Å²) in [7, 11) is -4.10. The van der Waals surface area contributed by atoms with Crippen molar-refractivity contribution < 1.29 is 34.5 Å². The highest BCUT2D eigenvalue weighted by Crippen LogP contribution is 2.56. The standard InChI is InChI=1S/C19H19N2O8P/c22-17(23)11-6-14(19(24)25)12-30(28,29)18(13-4-2-1-3-5-13)20-15-7-9-16(10-8-15)21(26)27/h1-5,7-10,14,28-29H,6,11-12H2,(H-,22,23,24,25)/p+1. The van der Waals surface area contributed by atoms with E-state index >= 15 is 0 Å². The molecule has 0 heterocycles. The SMILES string of the molecule is O=C(O)CCC(C[P+](O)(O)C(=Nc1ccc([N+](=O)[O-])cc1)c1ccccc1)C(=O)O. The number of non-ortho nitro benzene ring substituents is 1. The van der Waals surface area contributed by atoms with Crippen LogP contribution in [0.3, 0.4) is 0 Å². The molecule has 2 aromatic rings. The summed E-state index contributed by atoms with van der Waals surface area (Å²) in [6.45, 7) is 0. The van der Waals surface area contributed by atoms with Crippen LogP contribution in [0.15, 0.2) is 59.6 Å². The van der Waals surface area contributed by atoms with E-state index in [4.69, 9.17) is 5.11 Å². The van der Waals surface area contributed by atoms with Crippen LogP contribution in [0.4, 0.5) is 11.4 Å². The molecular formula is C19H20N2O8P+. The second kappa shape index (κ2) is 10.0. The van der Waals surface area contributed by atoms with Crippen molar-refractivity contribution in [1.82, 2.24) is 0 Å². The van der Waals surface area contributed by atoms with E-state index in [0.717, 1.165) is 0 Å². The van der Waals surface area contributed by atoms with Gasteiger partial charge in [0.2, 0.25) is 5.45 Å². The van der Waals surface area contributed by atoms with Gasteiger partial charge in [0.15, 0.2) is 0 Å². The van der Waals surface area contributed by atoms with E-state index in [1.165, 1.54) is 24.3 Å². The third kappa shape index (κ3) is 6.41. The molecule has 0 amide bonds. The average Bonchev–Trinajstić information content (AvgIpc) is 2.69. The molecule has 0 radical (unpaired) electrons. The third-order valence-electron chi connectivity index (χ3n) is 4.20. The minimum absolute atomic E-state index is 0.154. The van der Waals surface area contributed by atoms with E-state index in [2.05, 4.69) is 4.99 Å². The molecule has 0 aliphatic heterocycles. The van der Waals surface area contributed by atoms with E-state index in [0.29, 0.717) is 5.56 Å². The van der Waals surface area contributed by atoms with Crippen LogP contribution in [0.25, 0.3) is 0 Å². The van der Waals surface area contributed by atoms with Gasteiger partial charge in [-0.05, 0) is 30.7 Å². The highest BCUT2D eigenvalue weighted by atomic mass is 31.2. The van der Waals surface area contributed by atoms with Crippen molar-refractivity contribution in [3.8, 4) is 0 Å². The summed E-state index contributed by atoms with van der Waals surface area (Å²) < 4.78 is 0. The lowest BCUT2D eigenvalue weighted by Gasteiger charge is -2.18. The number of nitrogens with zero attached hydrogens (tertiary/aromatic N) is 2. The van der Waals surface area contributed by atoms with Gasteiger partial charge in [-0.15, -0.1) is 0 Å². The Balaban J connectivity index is 2.43. The molecule has 10 nitrogen and oxygen atoms in total. The predicted molar refractivity (Wildman–Crippen MR) is 110 cm³/mol. The molecule has 30 heavy (non-hydrogen) atoms. The minimum Gasteiger partial charge on any atom is -0.481 e. The van der Waals surface area contributed by atoms with Gasteiger partial charge in [0.05, 0.1) is 16.5 Å². The smallest absolute Gasteiger partial charge is 0.320 e. The highest BCUT2D eigenvalue weighted by molar-refractivity contribution is 7.82. The maximum Gasteiger partial charge on any atom is 0.320 e. The first-order chi connectivity index (χ1) is 14.1. The number of carboxylic acid groups (broad SMARTS) is 2. The van der Waals surface area contributed by atoms with Crippen molar-refractivity contribution in [3.63, 3.8) is 0 Å². The lowest BCUT2D eigenvalue weighted by atomic mass is 10.1. The van der Waals surface area contributed by atoms with Crippen LogP contribution in [-0.2, 0) is 9.59 Å². The van der Waals surface area contributed by atoms with Crippen molar-refractivity contribution in [2.24, 2.45) is 10.9 Å². The number of aliphatic imine (C=N–C) groups is 1. The van der Waals surface area contributed by atoms with Gasteiger partial charge in [0.25, 0.3) is 5.69 Å². The van der Waals surface area contributed by atoms with Gasteiger partial charge in [-0.2, -0.15) is 0 Å². The Morgan fingerprint density at radius 3 is 2.13 bits per heavy atom. The number of hydrogen-bond donors (Lipinski definition) is 4. The van der Waals surface area contributed by atoms with Crippen molar-refractivity contribution in [3.05, 3.63) is 70.3 Å². The monoisotopic (exact) mass is 435 g/mol. The molecule has 0 saturated carbocycles. The molecule has 158 valence electrons. The van der Waals surface area contributed by atoms with E-state index in [1.807, 2.05) is 0 Å². The number of carbonyl (C=O) groups is 2. The fourth-order valence-corrected chi connectivity index (χ4v) is 4.66. The zero-order valence-corrected chi connectivity index (χ0v) is 16.6. The van der Waals surface area contributed by atoms with Crippen LogP contribution in [-0.4, -0.2) is 48.5 Å². The summed E-state index contributed by atoms with van der Waals surface area (Å²) in [6, 6.07) is 13.2. The molecule has 11 heteroatoms. The zero-order chi connectivity index (χ0) is 22.3. The first-order valence-electron chi connectivity index (χ1n) is 8.77. The van der Waals surface area contributed by atoms with Crippen LogP contribution in [0, 0.1) is 16.0 Å². The lowest BCUT2D eigenvalue weighted by Crippen LogP contribution is -2.24. The fraction of sp³-hybridized carbons (Fsp3) is 0.211. The maximum absolute atomic E-state index is 11.5. The van der Waals surface area contributed by atoms with Crippen molar-refractivity contribution in [1.29, 1.82) is 0 Å². The van der Waals surface area contributed by atoms with E-state index in [9.17, 15) is 34.6 Å². The Hall–Kier alpha value is -3.20. The number of nitro groups is 1. The molecule has 0 saturated heterocycles. The Morgan fingerprint density at radius 2 is 1.63 bits per heavy atom. The predicted octanol–water partition coefficient (Wildman–Crippen LogP) is 3.07. The number of hydrogen-bond acceptors (Lipinski definition) is 7. The molecule has 0 aliphatic carbocycles. The summed E-state index contributed by atoms with van der Waals surface area (Å²) in [5.41, 5.74) is 0.239. The van der Waals surface area contributed by atoms with Gasteiger partial charge in [-0.3, -0.25) is 19.7 Å². The zero-order valence-electron chi connectivity index (χ0n) is 15.7. The van der Waals surface area contributed by atoms with Gasteiger partial charge in [-0.1, -0.05) is 18.2 Å². The van der Waals surface area contributed by atoms with Crippen LogP contribution in [0.5, 0.6) is 0 Å². The molecule has 2 rings (SSSR count). The van der Waals surface area contributed by atoms with Gasteiger partial charge >= 0.3 is 19.7 Å². The van der Waals surface area contributed by atoms with Gasteiger partial charge in [0, 0.05) is 24.1 Å². The Bertz CT molecular complexity index is 945. The fourth-order valence-electron chi connectivity index (χ4n) is 2.69. The van der Waals surface area contributed by atoms with Gasteiger partial charge in [-0.25, -0.2) is 14.8 Å². The second-order valence-corrected chi connectivity index (χ2v) is 8.71. The molecule has 0 spiro atoms. The molecule has 0 fully saturated rings. The molecule has 4 N–H and O–H groups in total. The van der Waals surface area contributed by atoms with Crippen LogP contribution in [0.1, 0.15) is 18.4 Å². The number of rotatable bonds is 10. The minimum atomic E-state index is -4.10. The van der Waals surface area contributed by atoms with E-state index in [1.54, 1.807) is 30.3 Å². The molecule has 0 aliphatic rings. The molecule has 1 atom stereocenters. The van der Waals surface area contributed by atoms with Gasteiger partial charge < -0.3 is 10.2 Å². The summed E-state index contributed by atoms with van der Waals surface area (Å²) in [4.78, 5) is 58.4. The van der Waals surface area contributed by atoms with Crippen LogP contribution in [0.2, 0.25) is 0 Å². The van der Waals surface area contributed by atoms with Crippen molar-refractivity contribution >= 4 is 36.5 Å². The Labute approximate surface area is 171 Å². The lowest BCUT2D eigenvalue weighted by molar-refractivity contribution is -0.384. The van der Waals surface area contributed by atoms with Gasteiger partial charge in [0.1, 0.15) is 6.16 Å². The highest BCUT2D eigenvalue weighted by Gasteiger charge is 2.46. The Kier molecular flexibility index (Phi) is 7.71. The molecule has 0 bridgehead atoms. The summed E-state index contributed by atoms with van der Waals surface area (Å²) >= 11 is 0. The van der Waals surface area contributed by atoms with E-state index < -0.39 is 43.1 Å². The maximum atomic E-state index is 11.5. The normalized spacial score (nSPS) is 12.9. The summed E-state index contributed by atoms with van der Waals surface area (Å²) in [5.74, 6) is -3.83. The second-order valence-electron chi connectivity index (χ2n) is 6.46. The topological polar surface area (TPSA) is 171 Å². The van der Waals surface area contributed by atoms with E-state index in [-0.39, 0.29) is 23.2 Å². The van der Waals surface area contributed by atoms with Crippen molar-refractivity contribution in [2.75, 3.05) is 6.16 Å². The molecular weight excluding hydrogens is 415 g/mol.